The van der Waals surface area contributed by atoms with Crippen LogP contribution >= 0.6 is 0 Å². The van der Waals surface area contributed by atoms with E-state index >= 15 is 0 Å². The Morgan fingerprint density at radius 3 is 2.67 bits per heavy atom. The number of carbonyl (C=O) groups is 1. The van der Waals surface area contributed by atoms with Crippen LogP contribution < -0.4 is 5.32 Å². The number of hydrogen-bond acceptors (Lipinski definition) is 2. The molecule has 1 aromatic rings. The Hall–Kier alpha value is -1.89. The molecule has 0 radical (unpaired) electrons. The summed E-state index contributed by atoms with van der Waals surface area (Å²) in [5, 5.41) is 11.8. The molecule has 2 rings (SSSR count). The van der Waals surface area contributed by atoms with Gasteiger partial charge in [0.15, 0.2) is 0 Å². The maximum Gasteiger partial charge on any atom is 0.244 e. The standard InChI is InChI=1S/C14H15FN2O/c1-10-4-5-11(8-12(10)15)17-13(18)14(9-16)6-2-3-7-14/h4-5,8H,2-3,6-7H2,1H3,(H,17,18). The van der Waals surface area contributed by atoms with Crippen molar-refractivity contribution in [2.45, 2.75) is 32.6 Å². The topological polar surface area (TPSA) is 52.9 Å². The van der Waals surface area contributed by atoms with Gasteiger partial charge >= 0.3 is 0 Å². The van der Waals surface area contributed by atoms with E-state index in [1.807, 2.05) is 0 Å². The number of carbonyl (C=O) groups excluding carboxylic acids is 1. The van der Waals surface area contributed by atoms with Gasteiger partial charge in [-0.1, -0.05) is 18.9 Å². The third-order valence-corrected chi connectivity index (χ3v) is 3.54. The number of amides is 1. The number of nitrogens with one attached hydrogen (secondary N) is 1. The van der Waals surface area contributed by atoms with Gasteiger partial charge in [-0.3, -0.25) is 4.79 Å². The molecule has 1 saturated carbocycles. The summed E-state index contributed by atoms with van der Waals surface area (Å²) in [5.74, 6) is -0.670. The zero-order chi connectivity index (χ0) is 13.2. The van der Waals surface area contributed by atoms with Crippen molar-refractivity contribution in [2.24, 2.45) is 5.41 Å². The smallest absolute Gasteiger partial charge is 0.244 e. The molecule has 18 heavy (non-hydrogen) atoms. The number of aryl methyl sites for hydroxylation is 1. The lowest BCUT2D eigenvalue weighted by Crippen LogP contribution is -2.32. The first-order valence-corrected chi connectivity index (χ1v) is 6.06. The first-order valence-electron chi connectivity index (χ1n) is 6.06. The molecular formula is C14H15FN2O. The minimum Gasteiger partial charge on any atom is -0.325 e. The molecular weight excluding hydrogens is 231 g/mol. The molecule has 0 bridgehead atoms. The lowest BCUT2D eigenvalue weighted by molar-refractivity contribution is -0.122. The van der Waals surface area contributed by atoms with Crippen LogP contribution in [0.2, 0.25) is 0 Å². The Kier molecular flexibility index (Phi) is 3.33. The van der Waals surface area contributed by atoms with Crippen molar-refractivity contribution < 1.29 is 9.18 Å². The summed E-state index contributed by atoms with van der Waals surface area (Å²) in [6.07, 6.45) is 2.96. The van der Waals surface area contributed by atoms with Crippen LogP contribution in [0.15, 0.2) is 18.2 Å². The van der Waals surface area contributed by atoms with Crippen LogP contribution in [0.5, 0.6) is 0 Å². The van der Waals surface area contributed by atoms with Crippen molar-refractivity contribution >= 4 is 11.6 Å². The zero-order valence-electron chi connectivity index (χ0n) is 10.3. The summed E-state index contributed by atoms with van der Waals surface area (Å²) in [5.41, 5.74) is 0.00921. The number of anilines is 1. The first kappa shape index (κ1) is 12.6. The monoisotopic (exact) mass is 246 g/mol. The van der Waals surface area contributed by atoms with Crippen molar-refractivity contribution in [3.8, 4) is 6.07 Å². The summed E-state index contributed by atoms with van der Waals surface area (Å²) in [7, 11) is 0. The van der Waals surface area contributed by atoms with Gasteiger partial charge in [-0.25, -0.2) is 4.39 Å². The third kappa shape index (κ3) is 2.21. The van der Waals surface area contributed by atoms with E-state index in [1.165, 1.54) is 6.07 Å². The van der Waals surface area contributed by atoms with Gasteiger partial charge in [0.2, 0.25) is 5.91 Å². The minimum absolute atomic E-state index is 0.314. The van der Waals surface area contributed by atoms with Crippen LogP contribution in [0, 0.1) is 29.5 Å². The molecule has 0 aromatic heterocycles. The van der Waals surface area contributed by atoms with E-state index in [0.717, 1.165) is 12.8 Å². The molecule has 0 saturated heterocycles. The van der Waals surface area contributed by atoms with Crippen molar-refractivity contribution in [3.05, 3.63) is 29.6 Å². The summed E-state index contributed by atoms with van der Waals surface area (Å²) in [4.78, 5) is 12.1. The van der Waals surface area contributed by atoms with E-state index in [1.54, 1.807) is 19.1 Å². The number of benzene rings is 1. The summed E-state index contributed by atoms with van der Waals surface area (Å²) >= 11 is 0. The molecule has 1 N–H and O–H groups in total. The van der Waals surface area contributed by atoms with Crippen molar-refractivity contribution in [3.63, 3.8) is 0 Å². The van der Waals surface area contributed by atoms with E-state index in [4.69, 9.17) is 0 Å². The molecule has 0 aliphatic heterocycles. The van der Waals surface area contributed by atoms with Gasteiger partial charge in [0, 0.05) is 5.69 Å². The van der Waals surface area contributed by atoms with Crippen LogP contribution in [-0.2, 0) is 4.79 Å². The average molecular weight is 246 g/mol. The van der Waals surface area contributed by atoms with E-state index in [-0.39, 0.29) is 11.7 Å². The number of hydrogen-bond donors (Lipinski definition) is 1. The van der Waals surface area contributed by atoms with Crippen molar-refractivity contribution in [2.75, 3.05) is 5.32 Å². The highest BCUT2D eigenvalue weighted by Crippen LogP contribution is 2.38. The number of halogens is 1. The van der Waals surface area contributed by atoms with E-state index in [9.17, 15) is 14.4 Å². The molecule has 3 nitrogen and oxygen atoms in total. The third-order valence-electron chi connectivity index (χ3n) is 3.54. The van der Waals surface area contributed by atoms with E-state index in [2.05, 4.69) is 11.4 Å². The second kappa shape index (κ2) is 4.77. The Morgan fingerprint density at radius 2 is 2.11 bits per heavy atom. The van der Waals surface area contributed by atoms with Crippen molar-refractivity contribution in [1.29, 1.82) is 5.26 Å². The molecule has 1 fully saturated rings. The zero-order valence-corrected chi connectivity index (χ0v) is 10.3. The Bertz CT molecular complexity index is 513. The molecule has 0 unspecified atom stereocenters. The van der Waals surface area contributed by atoms with Crippen LogP contribution in [0.25, 0.3) is 0 Å². The first-order chi connectivity index (χ1) is 8.57. The van der Waals surface area contributed by atoms with Crippen molar-refractivity contribution in [1.82, 2.24) is 0 Å². The quantitative estimate of drug-likeness (QED) is 0.871. The van der Waals surface area contributed by atoms with Gasteiger partial charge < -0.3 is 5.32 Å². The fourth-order valence-corrected chi connectivity index (χ4v) is 2.29. The molecule has 1 aliphatic carbocycles. The molecule has 0 spiro atoms. The average Bonchev–Trinajstić information content (AvgIpc) is 2.84. The molecule has 1 amide bonds. The van der Waals surface area contributed by atoms with Crippen LogP contribution in [0.1, 0.15) is 31.2 Å². The Morgan fingerprint density at radius 1 is 1.44 bits per heavy atom. The van der Waals surface area contributed by atoms with Gasteiger partial charge in [0.25, 0.3) is 0 Å². The molecule has 0 atom stereocenters. The Labute approximate surface area is 106 Å². The maximum absolute atomic E-state index is 13.4. The molecule has 94 valence electrons. The van der Waals surface area contributed by atoms with E-state index < -0.39 is 5.41 Å². The largest absolute Gasteiger partial charge is 0.325 e. The number of nitriles is 1. The van der Waals surface area contributed by atoms with Gasteiger partial charge in [-0.2, -0.15) is 5.26 Å². The normalized spacial score (nSPS) is 17.2. The second-order valence-corrected chi connectivity index (χ2v) is 4.82. The summed E-state index contributed by atoms with van der Waals surface area (Å²) in [6, 6.07) is 6.66. The summed E-state index contributed by atoms with van der Waals surface area (Å²) in [6.45, 7) is 1.66. The number of nitrogens with zero attached hydrogens (tertiary/aromatic N) is 1. The fourth-order valence-electron chi connectivity index (χ4n) is 2.29. The highest BCUT2D eigenvalue weighted by atomic mass is 19.1. The molecule has 1 aliphatic rings. The van der Waals surface area contributed by atoms with Crippen LogP contribution in [0.3, 0.4) is 0 Å². The lowest BCUT2D eigenvalue weighted by atomic mass is 9.87. The number of rotatable bonds is 2. The predicted octanol–water partition coefficient (Wildman–Crippen LogP) is 3.16. The molecule has 0 heterocycles. The SMILES string of the molecule is Cc1ccc(NC(=O)C2(C#N)CCCC2)cc1F. The summed E-state index contributed by atoms with van der Waals surface area (Å²) < 4.78 is 13.4. The van der Waals surface area contributed by atoms with Gasteiger partial charge in [0.1, 0.15) is 11.2 Å². The fraction of sp³-hybridized carbons (Fsp3) is 0.429. The Balaban J connectivity index is 2.16. The van der Waals surface area contributed by atoms with Gasteiger partial charge in [0.05, 0.1) is 6.07 Å². The van der Waals surface area contributed by atoms with Gasteiger partial charge in [-0.05, 0) is 37.5 Å². The highest BCUT2D eigenvalue weighted by Gasteiger charge is 2.41. The lowest BCUT2D eigenvalue weighted by Gasteiger charge is -2.19. The van der Waals surface area contributed by atoms with Gasteiger partial charge in [-0.15, -0.1) is 0 Å². The highest BCUT2D eigenvalue weighted by molar-refractivity contribution is 5.97. The maximum atomic E-state index is 13.4. The van der Waals surface area contributed by atoms with E-state index in [0.29, 0.717) is 24.1 Å². The molecule has 4 heteroatoms. The van der Waals surface area contributed by atoms with Crippen LogP contribution in [0.4, 0.5) is 10.1 Å². The minimum atomic E-state index is -0.929. The molecule has 1 aromatic carbocycles. The predicted molar refractivity (Wildman–Crippen MR) is 66.3 cm³/mol. The second-order valence-electron chi connectivity index (χ2n) is 4.82. The van der Waals surface area contributed by atoms with Crippen LogP contribution in [-0.4, -0.2) is 5.91 Å².